The van der Waals surface area contributed by atoms with E-state index in [9.17, 15) is 4.79 Å². The highest BCUT2D eigenvalue weighted by molar-refractivity contribution is 7.99. The highest BCUT2D eigenvalue weighted by atomic mass is 32.2. The van der Waals surface area contributed by atoms with Crippen LogP contribution in [-0.2, 0) is 11.2 Å². The molecule has 22 heavy (non-hydrogen) atoms. The lowest BCUT2D eigenvalue weighted by Gasteiger charge is -2.37. The Hall–Kier alpha value is -1.00. The Bertz CT molecular complexity index is 544. The van der Waals surface area contributed by atoms with Gasteiger partial charge in [0.05, 0.1) is 5.92 Å². The van der Waals surface area contributed by atoms with E-state index in [1.807, 2.05) is 18.7 Å². The smallest absolute Gasteiger partial charge is 0.225 e. The third-order valence-electron chi connectivity index (χ3n) is 5.12. The zero-order valence-electron chi connectivity index (χ0n) is 13.3. The molecule has 1 heterocycles. The molecule has 1 aromatic carbocycles. The van der Waals surface area contributed by atoms with E-state index in [1.165, 1.54) is 11.1 Å². The lowest BCUT2D eigenvalue weighted by atomic mass is 9.74. The fourth-order valence-corrected chi connectivity index (χ4v) is 4.98. The van der Waals surface area contributed by atoms with E-state index in [-0.39, 0.29) is 17.4 Å². The Morgan fingerprint density at radius 3 is 3.05 bits per heavy atom. The summed E-state index contributed by atoms with van der Waals surface area (Å²) in [7, 11) is 0. The van der Waals surface area contributed by atoms with Crippen LogP contribution < -0.4 is 11.1 Å². The first-order chi connectivity index (χ1) is 10.6. The van der Waals surface area contributed by atoms with Crippen LogP contribution in [0.2, 0.25) is 0 Å². The first-order valence-corrected chi connectivity index (χ1v) is 9.39. The number of fused-ring (bicyclic) bond motifs is 1. The second kappa shape index (κ2) is 6.63. The summed E-state index contributed by atoms with van der Waals surface area (Å²) in [5.74, 6) is 1.24. The van der Waals surface area contributed by atoms with E-state index < -0.39 is 0 Å². The predicted molar refractivity (Wildman–Crippen MR) is 92.9 cm³/mol. The fourth-order valence-electron chi connectivity index (χ4n) is 3.75. The zero-order chi connectivity index (χ0) is 15.6. The third kappa shape index (κ3) is 3.33. The van der Waals surface area contributed by atoms with Crippen molar-refractivity contribution in [1.82, 2.24) is 5.32 Å². The molecule has 0 aromatic heterocycles. The summed E-state index contributed by atoms with van der Waals surface area (Å²) in [5, 5.41) is 3.56. The minimum Gasteiger partial charge on any atom is -0.354 e. The molecule has 1 aliphatic carbocycles. The quantitative estimate of drug-likeness (QED) is 0.900. The molecule has 1 aromatic rings. The van der Waals surface area contributed by atoms with Crippen molar-refractivity contribution in [2.24, 2.45) is 11.7 Å². The number of carbonyl (C=O) groups excluding carboxylic acids is 1. The second-order valence-corrected chi connectivity index (χ2v) is 8.17. The third-order valence-corrected chi connectivity index (χ3v) is 6.39. The molecule has 4 heteroatoms. The van der Waals surface area contributed by atoms with Crippen molar-refractivity contribution in [1.29, 1.82) is 0 Å². The van der Waals surface area contributed by atoms with Gasteiger partial charge in [-0.25, -0.2) is 0 Å². The molecule has 3 atom stereocenters. The van der Waals surface area contributed by atoms with Crippen molar-refractivity contribution in [2.45, 2.75) is 49.8 Å². The van der Waals surface area contributed by atoms with Crippen LogP contribution in [0.5, 0.6) is 0 Å². The Morgan fingerprint density at radius 2 is 2.23 bits per heavy atom. The maximum atomic E-state index is 12.6. The van der Waals surface area contributed by atoms with Crippen LogP contribution in [0.15, 0.2) is 24.3 Å². The number of hydrogen-bond acceptors (Lipinski definition) is 3. The Morgan fingerprint density at radius 1 is 1.41 bits per heavy atom. The van der Waals surface area contributed by atoms with Gasteiger partial charge in [0.2, 0.25) is 5.91 Å². The van der Waals surface area contributed by atoms with Crippen molar-refractivity contribution in [2.75, 3.05) is 12.3 Å². The lowest BCUT2D eigenvalue weighted by molar-refractivity contribution is -0.128. The van der Waals surface area contributed by atoms with Gasteiger partial charge in [0.25, 0.3) is 0 Å². The Kier molecular flexibility index (Phi) is 4.79. The number of thioether (sulfide) groups is 1. The largest absolute Gasteiger partial charge is 0.354 e. The standard InChI is InChI=1S/C18H26N2OS/c1-18(19)10-5-4-8-15(18)17(21)20-12-16-14-7-3-2-6-13(14)9-11-22-16/h2-3,6-7,15-16H,4-5,8-12,19H2,1H3,(H,20,21). The minimum absolute atomic E-state index is 0.0370. The molecule has 1 fully saturated rings. The molecule has 0 radical (unpaired) electrons. The monoisotopic (exact) mass is 318 g/mol. The number of aryl methyl sites for hydroxylation is 1. The molecule has 0 saturated heterocycles. The summed E-state index contributed by atoms with van der Waals surface area (Å²) in [6.07, 6.45) is 5.27. The SMILES string of the molecule is CC1(N)CCCCC1C(=O)NCC1SCCc2ccccc21. The van der Waals surface area contributed by atoms with Crippen molar-refractivity contribution < 1.29 is 4.79 Å². The predicted octanol–water partition coefficient (Wildman–Crippen LogP) is 3.04. The van der Waals surface area contributed by atoms with E-state index in [4.69, 9.17) is 5.73 Å². The van der Waals surface area contributed by atoms with E-state index in [0.29, 0.717) is 11.8 Å². The first-order valence-electron chi connectivity index (χ1n) is 8.34. The van der Waals surface area contributed by atoms with Gasteiger partial charge in [0.15, 0.2) is 0 Å². The summed E-state index contributed by atoms with van der Waals surface area (Å²) in [5.41, 5.74) is 8.81. The molecular formula is C18H26N2OS. The molecule has 3 rings (SSSR count). The molecule has 1 saturated carbocycles. The first kappa shape index (κ1) is 15.9. The molecule has 3 unspecified atom stereocenters. The van der Waals surface area contributed by atoms with Gasteiger partial charge in [-0.15, -0.1) is 0 Å². The normalized spacial score (nSPS) is 31.4. The fraction of sp³-hybridized carbons (Fsp3) is 0.611. The van der Waals surface area contributed by atoms with Gasteiger partial charge in [-0.3, -0.25) is 4.79 Å². The van der Waals surface area contributed by atoms with E-state index in [0.717, 1.165) is 37.9 Å². The minimum atomic E-state index is -0.347. The maximum absolute atomic E-state index is 12.6. The summed E-state index contributed by atoms with van der Waals surface area (Å²) < 4.78 is 0. The number of amides is 1. The number of nitrogens with two attached hydrogens (primary N) is 1. The average Bonchev–Trinajstić information content (AvgIpc) is 2.52. The molecule has 2 aliphatic rings. The number of benzene rings is 1. The van der Waals surface area contributed by atoms with E-state index in [1.54, 1.807) is 0 Å². The van der Waals surface area contributed by atoms with Crippen molar-refractivity contribution in [3.63, 3.8) is 0 Å². The molecule has 3 nitrogen and oxygen atoms in total. The topological polar surface area (TPSA) is 55.1 Å². The second-order valence-electron chi connectivity index (χ2n) is 6.86. The summed E-state index contributed by atoms with van der Waals surface area (Å²) in [4.78, 5) is 12.6. The van der Waals surface area contributed by atoms with Crippen LogP contribution in [0.4, 0.5) is 0 Å². The lowest BCUT2D eigenvalue weighted by Crippen LogP contribution is -2.53. The van der Waals surface area contributed by atoms with E-state index >= 15 is 0 Å². The van der Waals surface area contributed by atoms with Crippen LogP contribution in [0.25, 0.3) is 0 Å². The van der Waals surface area contributed by atoms with Gasteiger partial charge in [-0.2, -0.15) is 11.8 Å². The Balaban J connectivity index is 1.62. The Labute approximate surface area is 137 Å². The molecule has 120 valence electrons. The number of carbonyl (C=O) groups is 1. The maximum Gasteiger partial charge on any atom is 0.225 e. The zero-order valence-corrected chi connectivity index (χ0v) is 14.1. The van der Waals surface area contributed by atoms with Crippen molar-refractivity contribution in [3.8, 4) is 0 Å². The van der Waals surface area contributed by atoms with Gasteiger partial charge < -0.3 is 11.1 Å². The molecule has 0 spiro atoms. The highest BCUT2D eigenvalue weighted by Crippen LogP contribution is 2.36. The van der Waals surface area contributed by atoms with Crippen LogP contribution in [0.3, 0.4) is 0 Å². The molecule has 1 amide bonds. The molecule has 1 aliphatic heterocycles. The summed E-state index contributed by atoms with van der Waals surface area (Å²) in [6, 6.07) is 8.61. The number of rotatable bonds is 3. The summed E-state index contributed by atoms with van der Waals surface area (Å²) in [6.45, 7) is 2.74. The van der Waals surface area contributed by atoms with Gasteiger partial charge in [-0.1, -0.05) is 37.1 Å². The van der Waals surface area contributed by atoms with Gasteiger partial charge >= 0.3 is 0 Å². The summed E-state index contributed by atoms with van der Waals surface area (Å²) >= 11 is 1.95. The van der Waals surface area contributed by atoms with Crippen LogP contribution >= 0.6 is 11.8 Å². The highest BCUT2D eigenvalue weighted by Gasteiger charge is 2.37. The van der Waals surface area contributed by atoms with Gasteiger partial charge in [0.1, 0.15) is 0 Å². The van der Waals surface area contributed by atoms with Gasteiger partial charge in [0, 0.05) is 17.3 Å². The van der Waals surface area contributed by atoms with Crippen molar-refractivity contribution >= 4 is 17.7 Å². The number of nitrogens with one attached hydrogen (secondary N) is 1. The van der Waals surface area contributed by atoms with E-state index in [2.05, 4.69) is 29.6 Å². The van der Waals surface area contributed by atoms with Crippen LogP contribution in [-0.4, -0.2) is 23.7 Å². The van der Waals surface area contributed by atoms with Crippen LogP contribution in [0, 0.1) is 5.92 Å². The molecular weight excluding hydrogens is 292 g/mol. The number of hydrogen-bond donors (Lipinski definition) is 2. The average molecular weight is 318 g/mol. The van der Waals surface area contributed by atoms with Crippen LogP contribution in [0.1, 0.15) is 49.0 Å². The molecule has 0 bridgehead atoms. The van der Waals surface area contributed by atoms with Crippen molar-refractivity contribution in [3.05, 3.63) is 35.4 Å². The molecule has 3 N–H and O–H groups in total. The van der Waals surface area contributed by atoms with Gasteiger partial charge in [-0.05, 0) is 43.1 Å².